The molecule has 0 spiro atoms. The Hall–Kier alpha value is -3.03. The number of benzene rings is 1. The molecule has 1 aliphatic carbocycles. The maximum Gasteiger partial charge on any atom is 0.220 e. The Bertz CT molecular complexity index is 952. The molecule has 1 aromatic carbocycles. The Balaban J connectivity index is 1.57. The summed E-state index contributed by atoms with van der Waals surface area (Å²) in [4.78, 5) is 20.5. The molecule has 0 saturated heterocycles. The lowest BCUT2D eigenvalue weighted by atomic mass is 10.0. The van der Waals surface area contributed by atoms with Crippen molar-refractivity contribution in [2.75, 3.05) is 6.61 Å². The number of rotatable bonds is 6. The summed E-state index contributed by atoms with van der Waals surface area (Å²) in [7, 11) is 0. The molecule has 1 fully saturated rings. The molecule has 0 bridgehead atoms. The van der Waals surface area contributed by atoms with E-state index >= 15 is 0 Å². The highest BCUT2D eigenvalue weighted by atomic mass is 16.5. The van der Waals surface area contributed by atoms with Crippen molar-refractivity contribution in [1.29, 1.82) is 0 Å². The van der Waals surface area contributed by atoms with Crippen LogP contribution in [0.4, 0.5) is 0 Å². The van der Waals surface area contributed by atoms with Crippen LogP contribution in [-0.2, 0) is 11.2 Å². The van der Waals surface area contributed by atoms with Crippen molar-refractivity contribution in [2.24, 2.45) is 17.6 Å². The smallest absolute Gasteiger partial charge is 0.220 e. The standard InChI is InChI=1S/C19H22N6O2/c1-2-27-15-7-5-14(6-8-15)25-19-16(23-24-25)11-21-17(22-19)10-12-3-4-13(9-12)18(20)26/h5-8,11-13H,2-4,9-10H2,1H3,(H2,20,26)/t12-,13-/m1/s1. The summed E-state index contributed by atoms with van der Waals surface area (Å²) in [6.07, 6.45) is 5.08. The van der Waals surface area contributed by atoms with Gasteiger partial charge in [0, 0.05) is 12.3 Å². The second-order valence-electron chi connectivity index (χ2n) is 6.91. The predicted molar refractivity (Wildman–Crippen MR) is 99.4 cm³/mol. The van der Waals surface area contributed by atoms with Gasteiger partial charge in [0.1, 0.15) is 11.6 Å². The Kier molecular flexibility index (Phi) is 4.70. The number of nitrogens with two attached hydrogens (primary N) is 1. The third-order valence-electron chi connectivity index (χ3n) is 5.05. The molecule has 2 N–H and O–H groups in total. The highest BCUT2D eigenvalue weighted by Gasteiger charge is 2.29. The normalized spacial score (nSPS) is 19.4. The zero-order valence-corrected chi connectivity index (χ0v) is 15.2. The minimum absolute atomic E-state index is 0.0187. The fourth-order valence-corrected chi connectivity index (χ4v) is 3.66. The number of aromatic nitrogens is 5. The van der Waals surface area contributed by atoms with Gasteiger partial charge in [-0.1, -0.05) is 5.21 Å². The first kappa shape index (κ1) is 17.4. The first-order valence-corrected chi connectivity index (χ1v) is 9.24. The van der Waals surface area contributed by atoms with Crippen LogP contribution in [0, 0.1) is 11.8 Å². The summed E-state index contributed by atoms with van der Waals surface area (Å²) in [5, 5.41) is 8.37. The van der Waals surface area contributed by atoms with Crippen LogP contribution in [0.3, 0.4) is 0 Å². The molecule has 27 heavy (non-hydrogen) atoms. The van der Waals surface area contributed by atoms with Crippen LogP contribution >= 0.6 is 0 Å². The van der Waals surface area contributed by atoms with Crippen molar-refractivity contribution in [3.8, 4) is 11.4 Å². The lowest BCUT2D eigenvalue weighted by Gasteiger charge is -2.09. The molecule has 3 aromatic rings. The first-order chi connectivity index (χ1) is 13.1. The van der Waals surface area contributed by atoms with Crippen LogP contribution in [0.5, 0.6) is 5.75 Å². The van der Waals surface area contributed by atoms with E-state index in [0.717, 1.165) is 42.9 Å². The van der Waals surface area contributed by atoms with Gasteiger partial charge >= 0.3 is 0 Å². The van der Waals surface area contributed by atoms with Gasteiger partial charge in [-0.2, -0.15) is 4.68 Å². The number of primary amides is 1. The fraction of sp³-hybridized carbons (Fsp3) is 0.421. The van der Waals surface area contributed by atoms with Crippen LogP contribution in [0.25, 0.3) is 16.9 Å². The van der Waals surface area contributed by atoms with E-state index in [1.165, 1.54) is 0 Å². The van der Waals surface area contributed by atoms with Gasteiger partial charge in [0.05, 0.1) is 18.5 Å². The van der Waals surface area contributed by atoms with E-state index < -0.39 is 0 Å². The van der Waals surface area contributed by atoms with E-state index in [-0.39, 0.29) is 11.8 Å². The molecule has 140 valence electrons. The number of amides is 1. The summed E-state index contributed by atoms with van der Waals surface area (Å²) in [5.41, 5.74) is 7.61. The molecule has 8 nitrogen and oxygen atoms in total. The van der Waals surface area contributed by atoms with Crippen molar-refractivity contribution in [2.45, 2.75) is 32.6 Å². The van der Waals surface area contributed by atoms with Crippen LogP contribution in [-0.4, -0.2) is 37.5 Å². The topological polar surface area (TPSA) is 109 Å². The Morgan fingerprint density at radius 1 is 1.30 bits per heavy atom. The molecule has 2 atom stereocenters. The molecule has 1 aliphatic rings. The van der Waals surface area contributed by atoms with Crippen LogP contribution in [0.2, 0.25) is 0 Å². The van der Waals surface area contributed by atoms with Crippen molar-refractivity contribution < 1.29 is 9.53 Å². The van der Waals surface area contributed by atoms with E-state index in [0.29, 0.717) is 23.7 Å². The molecule has 0 radical (unpaired) electrons. The number of nitrogens with zero attached hydrogens (tertiary/aromatic N) is 5. The Labute approximate surface area is 156 Å². The van der Waals surface area contributed by atoms with Gasteiger partial charge in [0.25, 0.3) is 0 Å². The van der Waals surface area contributed by atoms with E-state index in [1.807, 2.05) is 31.2 Å². The molecule has 2 aromatic heterocycles. The van der Waals surface area contributed by atoms with Crippen molar-refractivity contribution in [3.63, 3.8) is 0 Å². The van der Waals surface area contributed by atoms with E-state index in [4.69, 9.17) is 10.5 Å². The average molecular weight is 366 g/mol. The van der Waals surface area contributed by atoms with Gasteiger partial charge in [0.2, 0.25) is 5.91 Å². The summed E-state index contributed by atoms with van der Waals surface area (Å²) in [6, 6.07) is 7.65. The van der Waals surface area contributed by atoms with E-state index in [9.17, 15) is 4.79 Å². The molecule has 0 aliphatic heterocycles. The second-order valence-corrected chi connectivity index (χ2v) is 6.91. The minimum Gasteiger partial charge on any atom is -0.494 e. The molecule has 0 unspecified atom stereocenters. The van der Waals surface area contributed by atoms with Gasteiger partial charge in [-0.3, -0.25) is 4.79 Å². The van der Waals surface area contributed by atoms with Gasteiger partial charge in [-0.15, -0.1) is 5.10 Å². The number of hydrogen-bond acceptors (Lipinski definition) is 6. The predicted octanol–water partition coefficient (Wildman–Crippen LogP) is 2.05. The maximum atomic E-state index is 11.4. The highest BCUT2D eigenvalue weighted by molar-refractivity contribution is 5.76. The molecule has 8 heteroatoms. The van der Waals surface area contributed by atoms with Crippen LogP contribution in [0.1, 0.15) is 32.0 Å². The van der Waals surface area contributed by atoms with Gasteiger partial charge in [0.15, 0.2) is 11.2 Å². The van der Waals surface area contributed by atoms with Crippen molar-refractivity contribution in [1.82, 2.24) is 25.0 Å². The van der Waals surface area contributed by atoms with Crippen LogP contribution in [0.15, 0.2) is 30.5 Å². The molecular weight excluding hydrogens is 344 g/mol. The summed E-state index contributed by atoms with van der Waals surface area (Å²) in [5.74, 6) is 1.72. The van der Waals surface area contributed by atoms with Crippen molar-refractivity contribution in [3.05, 3.63) is 36.3 Å². The largest absolute Gasteiger partial charge is 0.494 e. The van der Waals surface area contributed by atoms with E-state index in [2.05, 4.69) is 20.3 Å². The second kappa shape index (κ2) is 7.30. The lowest BCUT2D eigenvalue weighted by Crippen LogP contribution is -2.21. The average Bonchev–Trinajstić information content (AvgIpc) is 3.30. The zero-order chi connectivity index (χ0) is 18.8. The third kappa shape index (κ3) is 3.60. The quantitative estimate of drug-likeness (QED) is 0.715. The lowest BCUT2D eigenvalue weighted by molar-refractivity contribution is -0.121. The molecule has 1 amide bonds. The number of carbonyl (C=O) groups excluding carboxylic acids is 1. The van der Waals surface area contributed by atoms with Gasteiger partial charge in [-0.25, -0.2) is 9.97 Å². The molecular formula is C19H22N6O2. The molecule has 4 rings (SSSR count). The van der Waals surface area contributed by atoms with Crippen LogP contribution < -0.4 is 10.5 Å². The highest BCUT2D eigenvalue weighted by Crippen LogP contribution is 2.32. The number of carbonyl (C=O) groups is 1. The Morgan fingerprint density at radius 3 is 2.81 bits per heavy atom. The van der Waals surface area contributed by atoms with Gasteiger partial charge < -0.3 is 10.5 Å². The van der Waals surface area contributed by atoms with E-state index in [1.54, 1.807) is 10.9 Å². The molecule has 2 heterocycles. The number of fused-ring (bicyclic) bond motifs is 1. The summed E-state index contributed by atoms with van der Waals surface area (Å²) in [6.45, 7) is 2.58. The SMILES string of the molecule is CCOc1ccc(-n2nnc3cnc(C[C@@H]4CC[C@@H](C(N)=O)C4)nc32)cc1. The monoisotopic (exact) mass is 366 g/mol. The Morgan fingerprint density at radius 2 is 2.11 bits per heavy atom. The van der Waals surface area contributed by atoms with Gasteiger partial charge in [-0.05, 0) is 56.4 Å². The number of hydrogen-bond donors (Lipinski definition) is 1. The fourth-order valence-electron chi connectivity index (χ4n) is 3.66. The molecule has 1 saturated carbocycles. The first-order valence-electron chi connectivity index (χ1n) is 9.24. The third-order valence-corrected chi connectivity index (χ3v) is 5.05. The number of ether oxygens (including phenoxy) is 1. The summed E-state index contributed by atoms with van der Waals surface area (Å²) < 4.78 is 7.19. The van der Waals surface area contributed by atoms with Crippen molar-refractivity contribution >= 4 is 17.1 Å². The maximum absolute atomic E-state index is 11.4. The minimum atomic E-state index is -0.202. The summed E-state index contributed by atoms with van der Waals surface area (Å²) >= 11 is 0. The zero-order valence-electron chi connectivity index (χ0n) is 15.2.